The zero-order valence-electron chi connectivity index (χ0n) is 42.7. The SMILES string of the molecule is COc1c(C(=O)N(C)c2c(Br)cc(C(F)(C(F)(F)F)C(F)(F)F)cc2Br)cccc1N(C)C(=O)c1ccncc1.COc1c(CC(=O)c2ccncc2)cccc1C(=O)N(C)c1c(Br)cc(C(F)(C(F)(F)F)C(F)(F)F)cc1Br.[2H]CF. The average molecular weight is 1420 g/mol. The molecule has 0 aliphatic heterocycles. The molecule has 11 nitrogen and oxygen atoms in total. The normalized spacial score (nSPS) is 12.2. The van der Waals surface area contributed by atoms with Crippen molar-refractivity contribution in [3.8, 4) is 11.5 Å². The molecule has 0 unspecified atom stereocenters. The molecule has 3 amide bonds. The third kappa shape index (κ3) is 13.8. The molecule has 2 aromatic heterocycles. The summed E-state index contributed by atoms with van der Waals surface area (Å²) in [5.74, 6) is -2.33. The summed E-state index contributed by atoms with van der Waals surface area (Å²) in [6.07, 6.45) is -19.7. The number of hydrogen-bond donors (Lipinski definition) is 0. The molecule has 2 heterocycles. The van der Waals surface area contributed by atoms with Gasteiger partial charge in [-0.2, -0.15) is 52.7 Å². The number of ether oxygens (including phenoxy) is 2. The number of ketones is 1. The predicted molar refractivity (Wildman–Crippen MR) is 281 cm³/mol. The van der Waals surface area contributed by atoms with Crippen LogP contribution in [0.4, 0.5) is 82.9 Å². The van der Waals surface area contributed by atoms with E-state index in [4.69, 9.17) is 10.8 Å². The van der Waals surface area contributed by atoms with E-state index in [-0.39, 0.29) is 51.9 Å². The summed E-state index contributed by atoms with van der Waals surface area (Å²) < 4.78 is 213. The minimum Gasteiger partial charge on any atom is -0.496 e. The Hall–Kier alpha value is -6.27. The highest BCUT2D eigenvalue weighted by Gasteiger charge is 2.74. The Kier molecular flexibility index (Phi) is 21.3. The number of carbonyl (C=O) groups is 4. The zero-order valence-corrected chi connectivity index (χ0v) is 48.0. The van der Waals surface area contributed by atoms with Crippen LogP contribution < -0.4 is 24.2 Å². The molecule has 0 spiro atoms. The molecule has 0 N–H and O–H groups in total. The van der Waals surface area contributed by atoms with Gasteiger partial charge in [0.05, 0.1) is 50.9 Å². The molecule has 0 fully saturated rings. The van der Waals surface area contributed by atoms with Gasteiger partial charge in [-0.1, -0.05) is 18.2 Å². The van der Waals surface area contributed by atoms with E-state index in [9.17, 15) is 85.0 Å². The Balaban J connectivity index is 0.000000336. The van der Waals surface area contributed by atoms with Crippen molar-refractivity contribution >= 4 is 104 Å². The van der Waals surface area contributed by atoms with Gasteiger partial charge in [0, 0.05) is 98.1 Å². The first-order valence-electron chi connectivity index (χ1n) is 22.6. The van der Waals surface area contributed by atoms with Gasteiger partial charge in [0.25, 0.3) is 17.7 Å². The van der Waals surface area contributed by atoms with Crippen molar-refractivity contribution in [2.24, 2.45) is 0 Å². The number of rotatable bonds is 13. The number of halogens is 19. The first kappa shape index (κ1) is 65.5. The number of alkyl halides is 15. The Morgan fingerprint density at radius 2 is 0.840 bits per heavy atom. The van der Waals surface area contributed by atoms with Gasteiger partial charge in [-0.05, 0) is 130 Å². The number of Topliss-reactive ketones (excluding diaryl/α,β-unsaturated/α-hetero) is 1. The molecule has 0 saturated heterocycles. The highest BCUT2D eigenvalue weighted by Crippen LogP contribution is 2.56. The molecule has 436 valence electrons. The van der Waals surface area contributed by atoms with E-state index in [0.717, 1.165) is 9.80 Å². The fourth-order valence-corrected chi connectivity index (χ4v) is 11.1. The maximum absolute atomic E-state index is 14.6. The topological polar surface area (TPSA) is 122 Å². The minimum absolute atomic E-state index is 0.0370. The Labute approximate surface area is 485 Å². The number of methoxy groups -OCH3 is 2. The summed E-state index contributed by atoms with van der Waals surface area (Å²) in [7, 11) is 5.35. The van der Waals surface area contributed by atoms with Crippen LogP contribution in [0.15, 0.2) is 128 Å². The Morgan fingerprint density at radius 3 is 1.19 bits per heavy atom. The molecular weight excluding hydrogens is 1380 g/mol. The van der Waals surface area contributed by atoms with Crippen LogP contribution in [0.1, 0.15) is 59.5 Å². The lowest BCUT2D eigenvalue weighted by Gasteiger charge is -2.31. The number of benzene rings is 4. The molecule has 0 atom stereocenters. The number of nitrogens with zero attached hydrogens (tertiary/aromatic N) is 5. The first-order chi connectivity index (χ1) is 37.9. The number of hydrogen-bond acceptors (Lipinski definition) is 8. The molecule has 81 heavy (non-hydrogen) atoms. The predicted octanol–water partition coefficient (Wildman–Crippen LogP) is 15.7. The van der Waals surface area contributed by atoms with E-state index in [1.165, 1.54) is 120 Å². The number of para-hydroxylation sites is 2. The number of amides is 3. The Bertz CT molecular complexity index is 3210. The third-order valence-electron chi connectivity index (χ3n) is 11.6. The van der Waals surface area contributed by atoms with E-state index >= 15 is 0 Å². The van der Waals surface area contributed by atoms with Crippen molar-refractivity contribution in [2.75, 3.05) is 57.2 Å². The van der Waals surface area contributed by atoms with Crippen LogP contribution in [0.25, 0.3) is 0 Å². The molecule has 4 aromatic carbocycles. The van der Waals surface area contributed by atoms with Crippen molar-refractivity contribution in [1.82, 2.24) is 9.97 Å². The van der Waals surface area contributed by atoms with Crippen molar-refractivity contribution < 1.29 is 95.9 Å². The van der Waals surface area contributed by atoms with E-state index < -0.39 is 89.9 Å². The van der Waals surface area contributed by atoms with Crippen LogP contribution in [0.5, 0.6) is 11.5 Å². The zero-order chi connectivity index (χ0) is 62.2. The molecule has 0 saturated carbocycles. The van der Waals surface area contributed by atoms with Crippen LogP contribution in [-0.4, -0.2) is 101 Å². The monoisotopic (exact) mass is 1420 g/mol. The maximum atomic E-state index is 14.6. The van der Waals surface area contributed by atoms with Crippen LogP contribution in [0, 0.1) is 0 Å². The van der Waals surface area contributed by atoms with Crippen LogP contribution >= 0.6 is 63.7 Å². The summed E-state index contributed by atoms with van der Waals surface area (Å²) >= 11 is 11.5. The van der Waals surface area contributed by atoms with Crippen LogP contribution in [0.2, 0.25) is 0 Å². The maximum Gasteiger partial charge on any atom is 0.435 e. The second-order valence-corrected chi connectivity index (χ2v) is 19.8. The van der Waals surface area contributed by atoms with Crippen molar-refractivity contribution in [2.45, 2.75) is 42.5 Å². The third-order valence-corrected chi connectivity index (χ3v) is 14.0. The minimum atomic E-state index is -6.32. The van der Waals surface area contributed by atoms with Crippen molar-refractivity contribution in [3.05, 3.63) is 167 Å². The first-order valence-corrected chi connectivity index (χ1v) is 25.1. The molecule has 30 heteroatoms. The van der Waals surface area contributed by atoms with Gasteiger partial charge in [-0.3, -0.25) is 33.5 Å². The van der Waals surface area contributed by atoms with E-state index in [2.05, 4.69) is 73.7 Å². The van der Waals surface area contributed by atoms with Gasteiger partial charge in [-0.25, -0.2) is 8.78 Å². The molecule has 6 aromatic rings. The average Bonchev–Trinajstić information content (AvgIpc) is 3.40. The number of pyridine rings is 2. The van der Waals surface area contributed by atoms with Crippen LogP contribution in [-0.2, 0) is 17.8 Å². The van der Waals surface area contributed by atoms with Gasteiger partial charge in [0.2, 0.25) is 0 Å². The molecule has 6 rings (SSSR count). The van der Waals surface area contributed by atoms with Crippen LogP contribution in [0.3, 0.4) is 0 Å². The summed E-state index contributed by atoms with van der Waals surface area (Å²) in [5, 5.41) is 0. The Morgan fingerprint density at radius 1 is 0.506 bits per heavy atom. The smallest absolute Gasteiger partial charge is 0.435 e. The number of carbonyl (C=O) groups excluding carboxylic acids is 4. The number of aromatic nitrogens is 2. The van der Waals surface area contributed by atoms with Crippen molar-refractivity contribution in [1.29, 1.82) is 0 Å². The van der Waals surface area contributed by atoms with E-state index in [0.29, 0.717) is 41.0 Å². The summed E-state index contributed by atoms with van der Waals surface area (Å²) in [5.41, 5.74) is -14.1. The van der Waals surface area contributed by atoms with Gasteiger partial charge >= 0.3 is 36.0 Å². The fraction of sp³-hybridized carbons (Fsp3) is 0.255. The molecule has 0 radical (unpaired) electrons. The standard InChI is InChI=1S/C25H18Br2F7N3O3.C25H17Br2F7N2O3.CH3F/c1-36(21(38)13-7-9-35-10-8-13)18-6-4-5-15(20(18)40-3)22(39)37(2)19-16(26)11-14(12-17(19)27)23(28,24(29,30)31)25(32,33)34;1-36(20-17(26)11-15(12-18(20)27)23(28,24(29,30)31)25(32,33)34)22(38)16-5-3-4-14(21(16)39-2)10-19(37)13-6-8-35-9-7-13;1-2/h4-12H,1-3H3;3-9,11-12H,10H2,1-2H3;1H3/i;;1D. The highest BCUT2D eigenvalue weighted by atomic mass is 79.9. The quantitative estimate of drug-likeness (QED) is 0.0828. The molecular formula is C51H38Br4F15N5O6. The fourth-order valence-electron chi connectivity index (χ4n) is 7.63. The number of anilines is 3. The second kappa shape index (κ2) is 26.3. The summed E-state index contributed by atoms with van der Waals surface area (Å²) in [6.45, 7) is 0. The van der Waals surface area contributed by atoms with E-state index in [1.54, 1.807) is 6.07 Å². The highest BCUT2D eigenvalue weighted by molar-refractivity contribution is 9.11. The van der Waals surface area contributed by atoms with Gasteiger partial charge in [0.15, 0.2) is 11.5 Å². The van der Waals surface area contributed by atoms with Gasteiger partial charge < -0.3 is 24.2 Å². The second-order valence-electron chi connectivity index (χ2n) is 16.4. The lowest BCUT2D eigenvalue weighted by atomic mass is 9.94. The molecule has 0 bridgehead atoms. The van der Waals surface area contributed by atoms with Gasteiger partial charge in [-0.15, -0.1) is 0 Å². The van der Waals surface area contributed by atoms with E-state index in [1.807, 2.05) is 0 Å². The lowest BCUT2D eigenvalue weighted by molar-refractivity contribution is -0.349. The van der Waals surface area contributed by atoms with Gasteiger partial charge in [0.1, 0.15) is 5.75 Å². The van der Waals surface area contributed by atoms with Crippen molar-refractivity contribution in [3.63, 3.8) is 0 Å². The summed E-state index contributed by atoms with van der Waals surface area (Å²) in [4.78, 5) is 63.3. The summed E-state index contributed by atoms with van der Waals surface area (Å²) in [6, 6.07) is 15.9. The largest absolute Gasteiger partial charge is 0.496 e. The molecule has 0 aliphatic carbocycles. The molecule has 0 aliphatic rings. The lowest BCUT2D eigenvalue weighted by Crippen LogP contribution is -2.50.